The summed E-state index contributed by atoms with van der Waals surface area (Å²) in [5.74, 6) is -7.04. The predicted molar refractivity (Wildman–Crippen MR) is 161 cm³/mol. The molecule has 0 aromatic heterocycles. The van der Waals surface area contributed by atoms with Gasteiger partial charge in [-0.05, 0) is 12.8 Å². The summed E-state index contributed by atoms with van der Waals surface area (Å²) in [5.41, 5.74) is 0. The molecule has 2 saturated heterocycles. The van der Waals surface area contributed by atoms with Gasteiger partial charge in [0.25, 0.3) is 0 Å². The molecule has 2 fully saturated rings. The van der Waals surface area contributed by atoms with Crippen LogP contribution in [0.3, 0.4) is 0 Å². The Balaban J connectivity index is 2.67. The third-order valence-electron chi connectivity index (χ3n) is 6.95. The first-order valence-electron chi connectivity index (χ1n) is 15.8. The van der Waals surface area contributed by atoms with Gasteiger partial charge >= 0.3 is 47.8 Å². The molecule has 288 valence electrons. The first-order chi connectivity index (χ1) is 23.9. The van der Waals surface area contributed by atoms with Gasteiger partial charge in [-0.3, -0.25) is 38.4 Å². The van der Waals surface area contributed by atoms with E-state index in [2.05, 4.69) is 0 Å². The summed E-state index contributed by atoms with van der Waals surface area (Å²) in [5, 5.41) is 8.94. The number of carbonyl (C=O) groups excluding carboxylic acids is 7. The summed E-state index contributed by atoms with van der Waals surface area (Å²) in [7, 11) is 0. The summed E-state index contributed by atoms with van der Waals surface area (Å²) >= 11 is 0. The Morgan fingerprint density at radius 1 is 0.490 bits per heavy atom. The van der Waals surface area contributed by atoms with Crippen LogP contribution < -0.4 is 0 Å². The van der Waals surface area contributed by atoms with Crippen molar-refractivity contribution in [1.82, 2.24) is 0 Å². The van der Waals surface area contributed by atoms with Crippen molar-refractivity contribution < 1.29 is 95.6 Å². The summed E-state index contributed by atoms with van der Waals surface area (Å²) in [4.78, 5) is 96.0. The Morgan fingerprint density at radius 2 is 0.882 bits per heavy atom. The van der Waals surface area contributed by atoms with Gasteiger partial charge < -0.3 is 57.2 Å². The highest BCUT2D eigenvalue weighted by atomic mass is 16.8. The lowest BCUT2D eigenvalue weighted by Crippen LogP contribution is -2.67. The molecule has 0 aliphatic carbocycles. The van der Waals surface area contributed by atoms with Crippen LogP contribution in [0.4, 0.5) is 0 Å². The molecule has 10 unspecified atom stereocenters. The molecule has 20 heteroatoms. The van der Waals surface area contributed by atoms with Crippen molar-refractivity contribution in [1.29, 1.82) is 0 Å². The number of carboxylic acid groups (broad SMARTS) is 1. The number of unbranched alkanes of at least 4 members (excludes halogenated alkanes) is 1. The zero-order valence-corrected chi connectivity index (χ0v) is 29.2. The summed E-state index contributed by atoms with van der Waals surface area (Å²) in [6.45, 7) is 6.08. The summed E-state index contributed by atoms with van der Waals surface area (Å²) in [6.07, 6.45) is -15.5. The van der Waals surface area contributed by atoms with Gasteiger partial charge in [0.1, 0.15) is 31.5 Å². The van der Waals surface area contributed by atoms with E-state index in [-0.39, 0.29) is 25.9 Å². The molecule has 20 nitrogen and oxygen atoms in total. The maximum atomic E-state index is 12.5. The van der Waals surface area contributed by atoms with Gasteiger partial charge in [0, 0.05) is 61.5 Å². The van der Waals surface area contributed by atoms with Crippen LogP contribution in [-0.2, 0) is 90.5 Å². The minimum atomic E-state index is -1.82. The Bertz CT molecular complexity index is 1270. The first-order valence-corrected chi connectivity index (χ1v) is 15.8. The summed E-state index contributed by atoms with van der Waals surface area (Å²) < 4.78 is 61.6. The molecule has 2 aliphatic rings. The first kappa shape index (κ1) is 42.8. The van der Waals surface area contributed by atoms with E-state index >= 15 is 0 Å². The maximum Gasteiger partial charge on any atom is 0.303 e. The number of hydrogen-bond acceptors (Lipinski definition) is 19. The smallest absolute Gasteiger partial charge is 0.303 e. The van der Waals surface area contributed by atoms with Crippen LogP contribution >= 0.6 is 0 Å². The van der Waals surface area contributed by atoms with Gasteiger partial charge in [-0.15, -0.1) is 0 Å². The molecule has 10 atom stereocenters. The fraction of sp³-hybridized carbons (Fsp3) is 0.742. The average Bonchev–Trinajstić information content (AvgIpc) is 2.99. The second-order valence-corrected chi connectivity index (χ2v) is 11.4. The molecular formula is C31H44O20. The third-order valence-corrected chi connectivity index (χ3v) is 6.95. The number of esters is 7. The number of rotatable bonds is 17. The molecule has 0 saturated carbocycles. The SMILES string of the molecule is CC(=O)OCC1OC(OC2C(COC(C)=O)OC(OCCCCC(=O)O)C(OC(C)=O)C2OC(C)=O)C(OC(C)=O)C(OC(C)=O)C1OC(C)=O. The zero-order valence-electron chi connectivity index (χ0n) is 29.2. The number of ether oxygens (including phenoxy) is 11. The van der Waals surface area contributed by atoms with E-state index in [1.165, 1.54) is 0 Å². The standard InChI is InChI=1S/C31H44O20/c1-14(32)42-12-21-24(44-16(3)34)26(45-17(4)35)29(48-20(7)38)31(50-21)51-25-22(13-43-15(2)33)49-30(41-11-9-8-10-23(39)40)28(47-19(6)37)27(25)46-18(5)36/h21-22,24-31H,8-13H2,1-7H3,(H,39,40). The van der Waals surface area contributed by atoms with Crippen LogP contribution in [0.2, 0.25) is 0 Å². The van der Waals surface area contributed by atoms with Crippen molar-refractivity contribution in [3.05, 3.63) is 0 Å². The fourth-order valence-electron chi connectivity index (χ4n) is 5.18. The molecule has 2 aliphatic heterocycles. The van der Waals surface area contributed by atoms with E-state index < -0.39 is 122 Å². The Hall–Kier alpha value is -4.40. The molecule has 1 N–H and O–H groups in total. The lowest BCUT2D eigenvalue weighted by atomic mass is 9.96. The van der Waals surface area contributed by atoms with E-state index in [1.54, 1.807) is 0 Å². The molecule has 0 radical (unpaired) electrons. The van der Waals surface area contributed by atoms with Gasteiger partial charge in [-0.25, -0.2) is 0 Å². The number of carboxylic acids is 1. The van der Waals surface area contributed by atoms with Crippen molar-refractivity contribution in [3.63, 3.8) is 0 Å². The molecule has 0 bridgehead atoms. The van der Waals surface area contributed by atoms with Crippen molar-refractivity contribution >= 4 is 47.8 Å². The lowest BCUT2D eigenvalue weighted by Gasteiger charge is -2.48. The highest BCUT2D eigenvalue weighted by molar-refractivity contribution is 5.69. The second kappa shape index (κ2) is 20.4. The molecule has 2 rings (SSSR count). The molecule has 51 heavy (non-hydrogen) atoms. The molecule has 0 aromatic carbocycles. The molecule has 2 heterocycles. The van der Waals surface area contributed by atoms with Crippen molar-refractivity contribution in [2.45, 2.75) is 129 Å². The highest BCUT2D eigenvalue weighted by Crippen LogP contribution is 2.35. The molecule has 0 spiro atoms. The number of aliphatic carboxylic acids is 1. The van der Waals surface area contributed by atoms with Gasteiger partial charge in [0.15, 0.2) is 43.1 Å². The zero-order chi connectivity index (χ0) is 38.4. The molecule has 0 aromatic rings. The number of hydrogen-bond donors (Lipinski definition) is 1. The van der Waals surface area contributed by atoms with Crippen molar-refractivity contribution in [2.75, 3.05) is 19.8 Å². The van der Waals surface area contributed by atoms with Crippen molar-refractivity contribution in [2.24, 2.45) is 0 Å². The maximum absolute atomic E-state index is 12.5. The minimum Gasteiger partial charge on any atom is -0.481 e. The third kappa shape index (κ3) is 14.4. The highest BCUT2D eigenvalue weighted by Gasteiger charge is 2.57. The van der Waals surface area contributed by atoms with E-state index in [0.717, 1.165) is 48.5 Å². The predicted octanol–water partition coefficient (Wildman–Crippen LogP) is -0.122. The van der Waals surface area contributed by atoms with Crippen LogP contribution in [0, 0.1) is 0 Å². The normalized spacial score (nSPS) is 28.7. The van der Waals surface area contributed by atoms with Gasteiger partial charge in [0.2, 0.25) is 0 Å². The van der Waals surface area contributed by atoms with Crippen LogP contribution in [0.15, 0.2) is 0 Å². The Labute approximate surface area is 292 Å². The fourth-order valence-corrected chi connectivity index (χ4v) is 5.18. The molecular weight excluding hydrogens is 692 g/mol. The van der Waals surface area contributed by atoms with E-state index in [0.29, 0.717) is 0 Å². The van der Waals surface area contributed by atoms with Crippen LogP contribution in [0.1, 0.15) is 67.7 Å². The van der Waals surface area contributed by atoms with Gasteiger partial charge in [-0.2, -0.15) is 0 Å². The second-order valence-electron chi connectivity index (χ2n) is 11.4. The van der Waals surface area contributed by atoms with Crippen LogP contribution in [0.25, 0.3) is 0 Å². The topological polar surface area (TPSA) is 258 Å². The van der Waals surface area contributed by atoms with Gasteiger partial charge in [-0.1, -0.05) is 0 Å². The minimum absolute atomic E-state index is 0.103. The summed E-state index contributed by atoms with van der Waals surface area (Å²) in [6, 6.07) is 0. The Morgan fingerprint density at radius 3 is 1.33 bits per heavy atom. The van der Waals surface area contributed by atoms with Crippen molar-refractivity contribution in [3.8, 4) is 0 Å². The van der Waals surface area contributed by atoms with Crippen LogP contribution in [-0.4, -0.2) is 134 Å². The quantitative estimate of drug-likeness (QED) is 0.116. The van der Waals surface area contributed by atoms with E-state index in [9.17, 15) is 38.4 Å². The largest absolute Gasteiger partial charge is 0.481 e. The monoisotopic (exact) mass is 736 g/mol. The lowest BCUT2D eigenvalue weighted by molar-refractivity contribution is -0.361. The van der Waals surface area contributed by atoms with Crippen LogP contribution in [0.5, 0.6) is 0 Å². The Kier molecular flexibility index (Phi) is 17.1. The number of carbonyl (C=O) groups is 8. The average molecular weight is 737 g/mol. The molecule has 0 amide bonds. The van der Waals surface area contributed by atoms with E-state index in [1.807, 2.05) is 0 Å². The van der Waals surface area contributed by atoms with E-state index in [4.69, 9.17) is 57.2 Å². The van der Waals surface area contributed by atoms with Gasteiger partial charge in [0.05, 0.1) is 0 Å².